The topological polar surface area (TPSA) is 51.6 Å². The Morgan fingerprint density at radius 2 is 2.00 bits per heavy atom. The quantitative estimate of drug-likeness (QED) is 0.805. The highest BCUT2D eigenvalue weighted by atomic mass is 19.4. The van der Waals surface area contributed by atoms with E-state index in [4.69, 9.17) is 5.11 Å². The number of nitrogens with zero attached hydrogens (tertiary/aromatic N) is 1. The van der Waals surface area contributed by atoms with Crippen molar-refractivity contribution in [2.75, 3.05) is 7.11 Å². The lowest BCUT2D eigenvalue weighted by Gasteiger charge is -2.12. The summed E-state index contributed by atoms with van der Waals surface area (Å²) in [6.45, 7) is 0. The van der Waals surface area contributed by atoms with Gasteiger partial charge in [-0.15, -0.1) is 13.2 Å². The molecule has 1 aromatic rings. The maximum atomic E-state index is 11.8. The molecule has 1 heterocycles. The van der Waals surface area contributed by atoms with Crippen LogP contribution in [0.5, 0.6) is 17.2 Å². The number of ether oxygens (including phenoxy) is 2. The predicted octanol–water partition coefficient (Wildman–Crippen LogP) is 1.69. The van der Waals surface area contributed by atoms with Crippen LogP contribution in [0.15, 0.2) is 12.4 Å². The second-order valence-corrected chi connectivity index (χ2v) is 2.24. The Bertz CT molecular complexity index is 326. The molecule has 1 rings (SSSR count). The first kappa shape index (κ1) is 10.4. The van der Waals surface area contributed by atoms with Crippen molar-refractivity contribution in [1.82, 2.24) is 4.98 Å². The van der Waals surface area contributed by atoms with Crippen molar-refractivity contribution in [1.29, 1.82) is 0 Å². The summed E-state index contributed by atoms with van der Waals surface area (Å²) in [5.41, 5.74) is 0. The number of hydrogen-bond donors (Lipinski definition) is 1. The van der Waals surface area contributed by atoms with Gasteiger partial charge in [-0.25, -0.2) is 0 Å². The number of aromatic hydroxyl groups is 1. The summed E-state index contributed by atoms with van der Waals surface area (Å²) in [7, 11) is 1.14. The fourth-order valence-electron chi connectivity index (χ4n) is 0.783. The molecule has 1 N–H and O–H groups in total. The van der Waals surface area contributed by atoms with E-state index in [0.29, 0.717) is 0 Å². The summed E-state index contributed by atoms with van der Waals surface area (Å²) in [4.78, 5) is 3.42. The van der Waals surface area contributed by atoms with Gasteiger partial charge in [-0.05, 0) is 0 Å². The highest BCUT2D eigenvalue weighted by molar-refractivity contribution is 5.47. The van der Waals surface area contributed by atoms with Gasteiger partial charge < -0.3 is 14.6 Å². The first-order chi connectivity index (χ1) is 6.44. The summed E-state index contributed by atoms with van der Waals surface area (Å²) in [5, 5.41) is 9.02. The zero-order valence-corrected chi connectivity index (χ0v) is 7.00. The molecule has 14 heavy (non-hydrogen) atoms. The molecule has 0 radical (unpaired) electrons. The van der Waals surface area contributed by atoms with Crippen LogP contribution in [0.25, 0.3) is 0 Å². The molecule has 0 aromatic carbocycles. The molecule has 0 bridgehead atoms. The van der Waals surface area contributed by atoms with Crippen molar-refractivity contribution in [3.63, 3.8) is 0 Å². The molecule has 4 nitrogen and oxygen atoms in total. The van der Waals surface area contributed by atoms with Gasteiger partial charge in [-0.3, -0.25) is 4.98 Å². The molecular weight excluding hydrogens is 203 g/mol. The summed E-state index contributed by atoms with van der Waals surface area (Å²) in [6, 6.07) is 0. The third kappa shape index (κ3) is 2.41. The Morgan fingerprint density at radius 3 is 2.50 bits per heavy atom. The highest BCUT2D eigenvalue weighted by Gasteiger charge is 2.34. The van der Waals surface area contributed by atoms with Gasteiger partial charge in [-0.1, -0.05) is 0 Å². The van der Waals surface area contributed by atoms with Gasteiger partial charge in [0, 0.05) is 0 Å². The fourth-order valence-corrected chi connectivity index (χ4v) is 0.783. The van der Waals surface area contributed by atoms with Crippen molar-refractivity contribution in [2.24, 2.45) is 0 Å². The minimum absolute atomic E-state index is 0.290. The van der Waals surface area contributed by atoms with Crippen LogP contribution in [0.3, 0.4) is 0 Å². The van der Waals surface area contributed by atoms with Crippen LogP contribution < -0.4 is 9.47 Å². The average molecular weight is 209 g/mol. The number of alkyl halides is 3. The van der Waals surface area contributed by atoms with Crippen LogP contribution in [-0.2, 0) is 0 Å². The Balaban J connectivity index is 3.05. The van der Waals surface area contributed by atoms with Crippen molar-refractivity contribution >= 4 is 0 Å². The van der Waals surface area contributed by atoms with Gasteiger partial charge >= 0.3 is 6.36 Å². The van der Waals surface area contributed by atoms with E-state index in [1.165, 1.54) is 0 Å². The Hall–Kier alpha value is -1.66. The minimum Gasteiger partial charge on any atom is -0.503 e. The average Bonchev–Trinajstić information content (AvgIpc) is 2.06. The molecule has 0 aliphatic carbocycles. The lowest BCUT2D eigenvalue weighted by molar-refractivity contribution is -0.275. The molecule has 0 saturated heterocycles. The summed E-state index contributed by atoms with van der Waals surface area (Å²) in [6.07, 6.45) is -3.06. The highest BCUT2D eigenvalue weighted by Crippen LogP contribution is 2.38. The molecule has 0 amide bonds. The Kier molecular flexibility index (Phi) is 2.68. The van der Waals surface area contributed by atoms with E-state index in [9.17, 15) is 13.2 Å². The zero-order chi connectivity index (χ0) is 10.8. The number of pyridine rings is 1. The molecule has 0 spiro atoms. The van der Waals surface area contributed by atoms with Crippen LogP contribution >= 0.6 is 0 Å². The standard InChI is InChI=1S/C7H6F3NO3/c1-13-5-3-11-2-4(12)6(5)14-7(8,9)10/h2-3,12H,1H3. The van der Waals surface area contributed by atoms with Crippen LogP contribution in [-0.4, -0.2) is 23.6 Å². The third-order valence-electron chi connectivity index (χ3n) is 1.28. The van der Waals surface area contributed by atoms with E-state index in [1.54, 1.807) is 0 Å². The van der Waals surface area contributed by atoms with Gasteiger partial charge in [0.05, 0.1) is 19.5 Å². The third-order valence-corrected chi connectivity index (χ3v) is 1.28. The van der Waals surface area contributed by atoms with E-state index in [1.807, 2.05) is 0 Å². The van der Waals surface area contributed by atoms with Crippen LogP contribution in [0, 0.1) is 0 Å². The number of halogens is 3. The predicted molar refractivity (Wildman–Crippen MR) is 39.1 cm³/mol. The largest absolute Gasteiger partial charge is 0.573 e. The van der Waals surface area contributed by atoms with Crippen LogP contribution in [0.1, 0.15) is 0 Å². The van der Waals surface area contributed by atoms with Crippen molar-refractivity contribution in [3.8, 4) is 17.2 Å². The molecule has 0 fully saturated rings. The molecular formula is C7H6F3NO3. The number of rotatable bonds is 2. The van der Waals surface area contributed by atoms with Crippen molar-refractivity contribution < 1.29 is 27.8 Å². The smallest absolute Gasteiger partial charge is 0.503 e. The first-order valence-electron chi connectivity index (χ1n) is 3.40. The SMILES string of the molecule is COc1cncc(O)c1OC(F)(F)F. The molecule has 1 aromatic heterocycles. The second kappa shape index (κ2) is 3.60. The molecule has 0 aliphatic rings. The maximum absolute atomic E-state index is 11.8. The van der Waals surface area contributed by atoms with Gasteiger partial charge in [0.15, 0.2) is 11.5 Å². The Morgan fingerprint density at radius 1 is 1.36 bits per heavy atom. The summed E-state index contributed by atoms with van der Waals surface area (Å²) < 4.78 is 43.5. The lowest BCUT2D eigenvalue weighted by Crippen LogP contribution is -2.17. The molecule has 0 atom stereocenters. The maximum Gasteiger partial charge on any atom is 0.573 e. The second-order valence-electron chi connectivity index (χ2n) is 2.24. The first-order valence-corrected chi connectivity index (χ1v) is 3.40. The van der Waals surface area contributed by atoms with Crippen molar-refractivity contribution in [2.45, 2.75) is 6.36 Å². The van der Waals surface area contributed by atoms with Gasteiger partial charge in [0.1, 0.15) is 0 Å². The monoisotopic (exact) mass is 209 g/mol. The van der Waals surface area contributed by atoms with E-state index in [2.05, 4.69) is 14.5 Å². The van der Waals surface area contributed by atoms with E-state index in [-0.39, 0.29) is 5.75 Å². The van der Waals surface area contributed by atoms with Gasteiger partial charge in [0.25, 0.3) is 0 Å². The molecule has 0 unspecified atom stereocenters. The van der Waals surface area contributed by atoms with Gasteiger partial charge in [-0.2, -0.15) is 0 Å². The molecule has 78 valence electrons. The molecule has 0 saturated carbocycles. The number of methoxy groups -OCH3 is 1. The summed E-state index contributed by atoms with van der Waals surface area (Å²) in [5.74, 6) is -1.82. The van der Waals surface area contributed by atoms with Gasteiger partial charge in [0.2, 0.25) is 5.75 Å². The normalized spacial score (nSPS) is 11.1. The van der Waals surface area contributed by atoms with E-state index >= 15 is 0 Å². The van der Waals surface area contributed by atoms with E-state index < -0.39 is 17.9 Å². The lowest BCUT2D eigenvalue weighted by atomic mass is 10.4. The van der Waals surface area contributed by atoms with Crippen LogP contribution in [0.2, 0.25) is 0 Å². The van der Waals surface area contributed by atoms with Crippen molar-refractivity contribution in [3.05, 3.63) is 12.4 Å². The zero-order valence-electron chi connectivity index (χ0n) is 7.00. The number of aromatic nitrogens is 1. The Labute approximate surface area is 76.9 Å². The summed E-state index contributed by atoms with van der Waals surface area (Å²) >= 11 is 0. The number of hydrogen-bond acceptors (Lipinski definition) is 4. The minimum atomic E-state index is -4.88. The van der Waals surface area contributed by atoms with Crippen LogP contribution in [0.4, 0.5) is 13.2 Å². The molecule has 0 aliphatic heterocycles. The van der Waals surface area contributed by atoms with E-state index in [0.717, 1.165) is 19.5 Å². The molecule has 7 heteroatoms. The fraction of sp³-hybridized carbons (Fsp3) is 0.286.